The van der Waals surface area contributed by atoms with Gasteiger partial charge in [-0.1, -0.05) is 13.3 Å². The highest BCUT2D eigenvalue weighted by molar-refractivity contribution is 5.79. The maximum absolute atomic E-state index is 11.6. The van der Waals surface area contributed by atoms with Crippen LogP contribution in [0.4, 0.5) is 17.1 Å². The summed E-state index contributed by atoms with van der Waals surface area (Å²) >= 11 is 0. The van der Waals surface area contributed by atoms with Crippen molar-refractivity contribution < 1.29 is 4.79 Å². The topological polar surface area (TPSA) is 119 Å². The third kappa shape index (κ3) is 6.13. The number of carbonyl (C=O) groups is 1. The molecule has 7 nitrogen and oxygen atoms in total. The molecule has 0 saturated heterocycles. The molecule has 0 atom stereocenters. The van der Waals surface area contributed by atoms with E-state index < -0.39 is 5.91 Å². The second-order valence-corrected chi connectivity index (χ2v) is 7.20. The number of hydrogen-bond donors (Lipinski definition) is 1. The van der Waals surface area contributed by atoms with Crippen molar-refractivity contribution in [3.05, 3.63) is 52.6 Å². The van der Waals surface area contributed by atoms with E-state index in [1.807, 2.05) is 12.1 Å². The van der Waals surface area contributed by atoms with Crippen molar-refractivity contribution in [3.63, 3.8) is 0 Å². The molecule has 0 aliphatic rings. The van der Waals surface area contributed by atoms with Gasteiger partial charge in [0.15, 0.2) is 0 Å². The maximum atomic E-state index is 11.6. The Balaban J connectivity index is 2.50. The van der Waals surface area contributed by atoms with Crippen LogP contribution in [0.2, 0.25) is 0 Å². The molecule has 31 heavy (non-hydrogen) atoms. The Bertz CT molecular complexity index is 1010. The summed E-state index contributed by atoms with van der Waals surface area (Å²) in [5.74, 6) is -0.469. The summed E-state index contributed by atoms with van der Waals surface area (Å²) in [6.07, 6.45) is 2.83. The van der Waals surface area contributed by atoms with Crippen LogP contribution in [0.15, 0.2) is 40.6 Å². The first-order valence-electron chi connectivity index (χ1n) is 10.5. The Morgan fingerprint density at radius 2 is 1.68 bits per heavy atom. The van der Waals surface area contributed by atoms with Gasteiger partial charge in [-0.25, -0.2) is 0 Å². The zero-order valence-corrected chi connectivity index (χ0v) is 18.4. The standard InChI is InChI=1S/C24H28N6O/c1-4-7-8-17-11-19(15-25)24(20(12-17)16-26)29-28-22-10-9-21(30(5-2)6-3)13-18(22)14-23(27)31/h9-13H,4-8,14H2,1-3H3,(H2,27,31). The maximum Gasteiger partial charge on any atom is 0.221 e. The third-order valence-corrected chi connectivity index (χ3v) is 5.04. The van der Waals surface area contributed by atoms with E-state index in [2.05, 4.69) is 48.0 Å². The minimum absolute atomic E-state index is 0.0234. The van der Waals surface area contributed by atoms with Gasteiger partial charge in [0.2, 0.25) is 5.91 Å². The van der Waals surface area contributed by atoms with E-state index in [1.54, 1.807) is 18.2 Å². The number of carbonyl (C=O) groups excluding carboxylic acids is 1. The van der Waals surface area contributed by atoms with Gasteiger partial charge in [0.05, 0.1) is 23.2 Å². The molecule has 2 aromatic rings. The van der Waals surface area contributed by atoms with Crippen LogP contribution in [0.3, 0.4) is 0 Å². The number of unbranched alkanes of at least 4 members (excludes halogenated alkanes) is 1. The fourth-order valence-electron chi connectivity index (χ4n) is 3.39. The summed E-state index contributed by atoms with van der Waals surface area (Å²) < 4.78 is 0. The Labute approximate surface area is 183 Å². The second kappa shape index (κ2) is 11.5. The molecule has 0 aliphatic carbocycles. The van der Waals surface area contributed by atoms with Crippen molar-refractivity contribution in [2.45, 2.75) is 46.5 Å². The highest BCUT2D eigenvalue weighted by Gasteiger charge is 2.13. The number of hydrogen-bond acceptors (Lipinski definition) is 6. The highest BCUT2D eigenvalue weighted by Crippen LogP contribution is 2.31. The molecule has 0 spiro atoms. The number of primary amides is 1. The van der Waals surface area contributed by atoms with E-state index in [0.717, 1.165) is 43.6 Å². The molecule has 0 heterocycles. The summed E-state index contributed by atoms with van der Waals surface area (Å²) in [6.45, 7) is 7.86. The van der Waals surface area contributed by atoms with E-state index in [1.165, 1.54) is 0 Å². The minimum Gasteiger partial charge on any atom is -0.372 e. The molecular weight excluding hydrogens is 388 g/mol. The number of anilines is 1. The van der Waals surface area contributed by atoms with Crippen LogP contribution in [0.25, 0.3) is 0 Å². The van der Waals surface area contributed by atoms with Crippen molar-refractivity contribution in [2.24, 2.45) is 16.0 Å². The highest BCUT2D eigenvalue weighted by atomic mass is 16.1. The summed E-state index contributed by atoms with van der Waals surface area (Å²) in [6, 6.07) is 13.4. The number of amides is 1. The Morgan fingerprint density at radius 3 is 2.19 bits per heavy atom. The molecule has 0 saturated carbocycles. The van der Waals surface area contributed by atoms with Crippen molar-refractivity contribution >= 4 is 23.0 Å². The van der Waals surface area contributed by atoms with Gasteiger partial charge in [0.25, 0.3) is 0 Å². The van der Waals surface area contributed by atoms with Crippen molar-refractivity contribution in [1.29, 1.82) is 10.5 Å². The number of aryl methyl sites for hydroxylation is 1. The average molecular weight is 417 g/mol. The Morgan fingerprint density at radius 1 is 1.03 bits per heavy atom. The van der Waals surface area contributed by atoms with Gasteiger partial charge in [-0.15, -0.1) is 5.11 Å². The molecular formula is C24H28N6O. The predicted molar refractivity (Wildman–Crippen MR) is 122 cm³/mol. The van der Waals surface area contributed by atoms with Crippen molar-refractivity contribution in [2.75, 3.05) is 18.0 Å². The van der Waals surface area contributed by atoms with Gasteiger partial charge in [-0.05, 0) is 68.1 Å². The van der Waals surface area contributed by atoms with Crippen LogP contribution >= 0.6 is 0 Å². The number of azo groups is 1. The molecule has 2 rings (SSSR count). The molecule has 1 amide bonds. The van der Waals surface area contributed by atoms with Gasteiger partial charge >= 0.3 is 0 Å². The quantitative estimate of drug-likeness (QED) is 0.544. The summed E-state index contributed by atoms with van der Waals surface area (Å²) in [7, 11) is 0. The zero-order chi connectivity index (χ0) is 22.8. The molecule has 0 radical (unpaired) electrons. The Hall–Kier alpha value is -3.71. The van der Waals surface area contributed by atoms with Gasteiger partial charge in [0, 0.05) is 18.8 Å². The number of nitriles is 2. The third-order valence-electron chi connectivity index (χ3n) is 5.04. The molecule has 0 bridgehead atoms. The van der Waals surface area contributed by atoms with Crippen LogP contribution < -0.4 is 10.6 Å². The van der Waals surface area contributed by atoms with Gasteiger partial charge in [0.1, 0.15) is 17.8 Å². The summed E-state index contributed by atoms with van der Waals surface area (Å²) in [5.41, 5.74) is 9.33. The smallest absolute Gasteiger partial charge is 0.221 e. The molecule has 0 aliphatic heterocycles. The monoisotopic (exact) mass is 416 g/mol. The number of benzene rings is 2. The van der Waals surface area contributed by atoms with Crippen LogP contribution in [0, 0.1) is 22.7 Å². The lowest BCUT2D eigenvalue weighted by Crippen LogP contribution is -2.22. The number of nitrogens with two attached hydrogens (primary N) is 1. The predicted octanol–water partition coefficient (Wildman–Crippen LogP) is 5.06. The van der Waals surface area contributed by atoms with Crippen LogP contribution in [0.5, 0.6) is 0 Å². The molecule has 0 unspecified atom stereocenters. The van der Waals surface area contributed by atoms with Gasteiger partial charge < -0.3 is 10.6 Å². The zero-order valence-electron chi connectivity index (χ0n) is 18.4. The van der Waals surface area contributed by atoms with Gasteiger partial charge in [-0.3, -0.25) is 4.79 Å². The SMILES string of the molecule is CCCCc1cc(C#N)c(N=Nc2ccc(N(CC)CC)cc2CC(N)=O)c(C#N)c1. The summed E-state index contributed by atoms with van der Waals surface area (Å²) in [4.78, 5) is 13.7. The minimum atomic E-state index is -0.469. The lowest BCUT2D eigenvalue weighted by molar-refractivity contribution is -0.117. The van der Waals surface area contributed by atoms with Crippen molar-refractivity contribution in [3.8, 4) is 12.1 Å². The van der Waals surface area contributed by atoms with E-state index in [-0.39, 0.29) is 12.1 Å². The number of nitrogens with zero attached hydrogens (tertiary/aromatic N) is 5. The van der Waals surface area contributed by atoms with Gasteiger partial charge in [-0.2, -0.15) is 15.6 Å². The van der Waals surface area contributed by atoms with E-state index in [9.17, 15) is 15.3 Å². The van der Waals surface area contributed by atoms with E-state index in [0.29, 0.717) is 22.4 Å². The van der Waals surface area contributed by atoms with Crippen LogP contribution in [-0.4, -0.2) is 19.0 Å². The molecule has 160 valence electrons. The lowest BCUT2D eigenvalue weighted by atomic mass is 10.0. The fraction of sp³-hybridized carbons (Fsp3) is 0.375. The van der Waals surface area contributed by atoms with Crippen LogP contribution in [-0.2, 0) is 17.6 Å². The first kappa shape index (κ1) is 23.6. The molecule has 0 aromatic heterocycles. The van der Waals surface area contributed by atoms with Crippen LogP contribution in [0.1, 0.15) is 55.9 Å². The number of rotatable bonds is 10. The molecule has 2 N–H and O–H groups in total. The van der Waals surface area contributed by atoms with E-state index >= 15 is 0 Å². The summed E-state index contributed by atoms with van der Waals surface area (Å²) in [5, 5.41) is 27.7. The molecule has 2 aromatic carbocycles. The largest absolute Gasteiger partial charge is 0.372 e. The lowest BCUT2D eigenvalue weighted by Gasteiger charge is -2.22. The first-order chi connectivity index (χ1) is 15.0. The molecule has 0 fully saturated rings. The fourth-order valence-corrected chi connectivity index (χ4v) is 3.39. The molecule has 7 heteroatoms. The average Bonchev–Trinajstić information content (AvgIpc) is 2.77. The normalized spacial score (nSPS) is 10.6. The van der Waals surface area contributed by atoms with Crippen molar-refractivity contribution in [1.82, 2.24) is 0 Å². The van der Waals surface area contributed by atoms with E-state index in [4.69, 9.17) is 5.73 Å². The first-order valence-corrected chi connectivity index (χ1v) is 10.5. The Kier molecular flexibility index (Phi) is 8.72. The second-order valence-electron chi connectivity index (χ2n) is 7.20.